The number of hydrogen-bond acceptors (Lipinski definition) is 12. The van der Waals surface area contributed by atoms with Gasteiger partial charge in [-0.3, -0.25) is 29.2 Å². The van der Waals surface area contributed by atoms with Crippen LogP contribution in [0.4, 0.5) is 0 Å². The van der Waals surface area contributed by atoms with Crippen LogP contribution in [0.1, 0.15) is 48.9 Å². The Morgan fingerprint density at radius 2 is 0.980 bits per heavy atom. The third kappa shape index (κ3) is 10.4. The van der Waals surface area contributed by atoms with Crippen LogP contribution in [0.3, 0.4) is 0 Å². The largest absolute Gasteiger partial charge is 0.504 e. The van der Waals surface area contributed by atoms with Gasteiger partial charge in [-0.25, -0.2) is 0 Å². The molecule has 0 unspecified atom stereocenters. The molecule has 2 aliphatic heterocycles. The van der Waals surface area contributed by atoms with Crippen LogP contribution in [-0.4, -0.2) is 144 Å². The summed E-state index contributed by atoms with van der Waals surface area (Å²) in [5.74, 6) is 0.635. The SMILES string of the molecule is COc1cc(CCC(=O)C(C)(C)C(=O)CCc2cc(CN3CCN(CCO)CC3)c(O)c(OC)c2)cc(CN2CCN(CCO)CC2)c1O. The summed E-state index contributed by atoms with van der Waals surface area (Å²) in [7, 11) is 3.02. The Hall–Kier alpha value is -3.26. The predicted molar refractivity (Wildman–Crippen MR) is 187 cm³/mol. The third-order valence-corrected chi connectivity index (χ3v) is 10.1. The van der Waals surface area contributed by atoms with Gasteiger partial charge in [0.25, 0.3) is 0 Å². The zero-order valence-electron chi connectivity index (χ0n) is 29.7. The summed E-state index contributed by atoms with van der Waals surface area (Å²) in [5, 5.41) is 40.1. The van der Waals surface area contributed by atoms with E-state index in [-0.39, 0.29) is 49.1 Å². The number of piperazine rings is 2. The number of benzene rings is 2. The fraction of sp³-hybridized carbons (Fsp3) is 0.622. The van der Waals surface area contributed by atoms with Gasteiger partial charge >= 0.3 is 0 Å². The van der Waals surface area contributed by atoms with Crippen LogP contribution in [0.2, 0.25) is 0 Å². The van der Waals surface area contributed by atoms with Gasteiger partial charge in [0.15, 0.2) is 23.0 Å². The van der Waals surface area contributed by atoms with Crippen molar-refractivity contribution in [3.63, 3.8) is 0 Å². The number of aliphatic hydroxyl groups is 2. The van der Waals surface area contributed by atoms with E-state index in [1.54, 1.807) is 26.0 Å². The number of ketones is 2. The highest BCUT2D eigenvalue weighted by Gasteiger charge is 2.34. The Morgan fingerprint density at radius 1 is 0.633 bits per heavy atom. The fourth-order valence-electron chi connectivity index (χ4n) is 6.70. The number of nitrogens with zero attached hydrogens (tertiary/aromatic N) is 4. The second-order valence-electron chi connectivity index (χ2n) is 13.8. The number of carbonyl (C=O) groups is 2. The summed E-state index contributed by atoms with van der Waals surface area (Å²) >= 11 is 0. The molecule has 4 N–H and O–H groups in total. The lowest BCUT2D eigenvalue weighted by atomic mass is 9.79. The van der Waals surface area contributed by atoms with Gasteiger partial charge in [-0.2, -0.15) is 0 Å². The monoisotopic (exact) mass is 684 g/mol. The van der Waals surface area contributed by atoms with E-state index in [2.05, 4.69) is 19.6 Å². The average Bonchev–Trinajstić information content (AvgIpc) is 3.10. The number of ether oxygens (including phenoxy) is 2. The number of β-amino-alcohol motifs (C(OH)–C–C–N with tert-alkyl or cyclic N) is 2. The first-order valence-electron chi connectivity index (χ1n) is 17.4. The summed E-state index contributed by atoms with van der Waals surface area (Å²) in [5.41, 5.74) is 2.02. The number of hydrogen-bond donors (Lipinski definition) is 4. The minimum atomic E-state index is -1.17. The van der Waals surface area contributed by atoms with Gasteiger partial charge in [-0.05, 0) is 49.9 Å². The fourth-order valence-corrected chi connectivity index (χ4v) is 6.70. The van der Waals surface area contributed by atoms with Crippen LogP contribution in [0.5, 0.6) is 23.0 Å². The molecule has 0 aromatic heterocycles. The molecule has 0 aliphatic carbocycles. The maximum Gasteiger partial charge on any atom is 0.162 e. The molecular weight excluding hydrogens is 628 g/mol. The molecule has 0 saturated carbocycles. The third-order valence-electron chi connectivity index (χ3n) is 10.1. The van der Waals surface area contributed by atoms with Crippen LogP contribution in [0, 0.1) is 5.41 Å². The highest BCUT2D eigenvalue weighted by molar-refractivity contribution is 6.06. The molecule has 2 aromatic rings. The van der Waals surface area contributed by atoms with Crippen LogP contribution in [0.25, 0.3) is 0 Å². The molecule has 12 heteroatoms. The van der Waals surface area contributed by atoms with Gasteiger partial charge in [0.05, 0.1) is 32.8 Å². The Balaban J connectivity index is 1.34. The van der Waals surface area contributed by atoms with Crippen molar-refractivity contribution in [3.8, 4) is 23.0 Å². The normalized spacial score (nSPS) is 16.9. The molecule has 4 rings (SSSR count). The molecule has 2 aromatic carbocycles. The van der Waals surface area contributed by atoms with Gasteiger partial charge < -0.3 is 29.9 Å². The summed E-state index contributed by atoms with van der Waals surface area (Å²) in [6.07, 6.45) is 1.18. The van der Waals surface area contributed by atoms with Gasteiger partial charge in [-0.1, -0.05) is 12.1 Å². The number of aryl methyl sites for hydroxylation is 2. The summed E-state index contributed by atoms with van der Waals surface area (Å²) < 4.78 is 10.9. The number of aliphatic hydroxyl groups excluding tert-OH is 2. The number of carbonyl (C=O) groups excluding carboxylic acids is 2. The van der Waals surface area contributed by atoms with Crippen LogP contribution < -0.4 is 9.47 Å². The molecule has 12 nitrogen and oxygen atoms in total. The first-order valence-corrected chi connectivity index (χ1v) is 17.4. The zero-order valence-corrected chi connectivity index (χ0v) is 29.7. The molecule has 2 aliphatic rings. The van der Waals surface area contributed by atoms with E-state index in [0.717, 1.165) is 74.6 Å². The Labute approximate surface area is 290 Å². The van der Waals surface area contributed by atoms with Crippen molar-refractivity contribution in [2.75, 3.05) is 92.9 Å². The van der Waals surface area contributed by atoms with Crippen LogP contribution in [0.15, 0.2) is 24.3 Å². The standard InChI is InChI=1S/C37H56N4O8/c1-37(2,33(44)7-5-27-21-29(35(46)31(23-27)48-3)25-40-13-9-38(10-14-40)17-19-42)34(45)8-6-28-22-30(36(47)32(24-28)49-4)26-41-15-11-39(12-16-41)18-20-43/h21-24,42-43,46-47H,5-20,25-26H2,1-4H3. The van der Waals surface area contributed by atoms with E-state index in [4.69, 9.17) is 9.47 Å². The minimum Gasteiger partial charge on any atom is -0.504 e. The van der Waals surface area contributed by atoms with Gasteiger partial charge in [-0.15, -0.1) is 0 Å². The number of phenolic OH excluding ortho intramolecular Hbond substituents is 2. The van der Waals surface area contributed by atoms with E-state index < -0.39 is 5.41 Å². The minimum absolute atomic E-state index is 0.0977. The van der Waals surface area contributed by atoms with E-state index in [0.29, 0.717) is 50.5 Å². The first-order chi connectivity index (χ1) is 23.5. The highest BCUT2D eigenvalue weighted by atomic mass is 16.5. The molecule has 0 spiro atoms. The lowest BCUT2D eigenvalue weighted by Crippen LogP contribution is -2.46. The second-order valence-corrected chi connectivity index (χ2v) is 13.8. The number of rotatable bonds is 18. The molecule has 2 heterocycles. The van der Waals surface area contributed by atoms with Crippen molar-refractivity contribution >= 4 is 11.6 Å². The quantitative estimate of drug-likeness (QED) is 0.171. The van der Waals surface area contributed by atoms with Crippen molar-refractivity contribution in [1.82, 2.24) is 19.6 Å². The molecular formula is C37H56N4O8. The van der Waals surface area contributed by atoms with E-state index in [1.165, 1.54) is 14.2 Å². The summed E-state index contributed by atoms with van der Waals surface area (Å²) in [4.78, 5) is 35.9. The Bertz CT molecular complexity index is 1300. The Kier molecular flexibility index (Phi) is 14.2. The molecule has 2 saturated heterocycles. The number of aromatic hydroxyl groups is 2. The van der Waals surface area contributed by atoms with E-state index >= 15 is 0 Å². The smallest absolute Gasteiger partial charge is 0.162 e. The number of phenols is 2. The summed E-state index contributed by atoms with van der Waals surface area (Å²) in [6.45, 7) is 12.8. The first kappa shape index (κ1) is 38.5. The van der Waals surface area contributed by atoms with Crippen LogP contribution in [-0.2, 0) is 35.5 Å². The lowest BCUT2D eigenvalue weighted by molar-refractivity contribution is -0.138. The second kappa shape index (κ2) is 18.1. The van der Waals surface area contributed by atoms with Gasteiger partial charge in [0.2, 0.25) is 0 Å². The Morgan fingerprint density at radius 3 is 1.31 bits per heavy atom. The van der Waals surface area contributed by atoms with Crippen molar-refractivity contribution in [3.05, 3.63) is 46.5 Å². The van der Waals surface area contributed by atoms with Crippen molar-refractivity contribution < 1.29 is 39.5 Å². The predicted octanol–water partition coefficient (Wildman–Crippen LogP) is 2.06. The van der Waals surface area contributed by atoms with E-state index in [9.17, 15) is 30.0 Å². The van der Waals surface area contributed by atoms with E-state index in [1.807, 2.05) is 12.1 Å². The number of Topliss-reactive ketones (excluding diaryl/α,β-unsaturated/α-hetero) is 2. The molecule has 49 heavy (non-hydrogen) atoms. The molecule has 272 valence electrons. The van der Waals surface area contributed by atoms with Gasteiger partial charge in [0, 0.05) is 103 Å². The van der Waals surface area contributed by atoms with Crippen LogP contribution >= 0.6 is 0 Å². The molecule has 2 fully saturated rings. The average molecular weight is 685 g/mol. The van der Waals surface area contributed by atoms with Crippen molar-refractivity contribution in [2.45, 2.75) is 52.6 Å². The zero-order chi connectivity index (χ0) is 35.6. The summed E-state index contributed by atoms with van der Waals surface area (Å²) in [6, 6.07) is 7.35. The molecule has 0 radical (unpaired) electrons. The highest BCUT2D eigenvalue weighted by Crippen LogP contribution is 2.35. The van der Waals surface area contributed by atoms with Crippen molar-refractivity contribution in [1.29, 1.82) is 0 Å². The maximum atomic E-state index is 13.5. The van der Waals surface area contributed by atoms with Crippen molar-refractivity contribution in [2.24, 2.45) is 5.41 Å². The maximum absolute atomic E-state index is 13.5. The lowest BCUT2D eigenvalue weighted by Gasteiger charge is -2.34. The molecule has 0 bridgehead atoms. The topological polar surface area (TPSA) is 146 Å². The molecule has 0 atom stereocenters. The number of methoxy groups -OCH3 is 2. The molecule has 0 amide bonds. The van der Waals surface area contributed by atoms with Gasteiger partial charge in [0.1, 0.15) is 11.6 Å².